The number of carbonyl (C=O) groups excluding carboxylic acids is 2. The van der Waals surface area contributed by atoms with Crippen LogP contribution in [-0.2, 0) is 42.1 Å². The van der Waals surface area contributed by atoms with Gasteiger partial charge in [-0.2, -0.15) is 0 Å². The van der Waals surface area contributed by atoms with Crippen molar-refractivity contribution in [1.29, 1.82) is 0 Å². The lowest BCUT2D eigenvalue weighted by Gasteiger charge is -2.39. The summed E-state index contributed by atoms with van der Waals surface area (Å²) in [6, 6.07) is 20.4. The third-order valence-corrected chi connectivity index (χ3v) is 13.6. The van der Waals surface area contributed by atoms with Gasteiger partial charge in [0.25, 0.3) is 0 Å². The molecule has 2 aromatic heterocycles. The fourth-order valence-electron chi connectivity index (χ4n) is 8.69. The van der Waals surface area contributed by atoms with Gasteiger partial charge in [-0.3, -0.25) is 15.2 Å². The molecule has 1 aliphatic carbocycles. The molecule has 61 heavy (non-hydrogen) atoms. The Labute approximate surface area is 362 Å². The number of ether oxygens (including phenoxy) is 1. The van der Waals surface area contributed by atoms with E-state index in [9.17, 15) is 29.7 Å². The highest BCUT2D eigenvalue weighted by atomic mass is 32.1. The maximum absolute atomic E-state index is 14.3. The van der Waals surface area contributed by atoms with Crippen molar-refractivity contribution in [2.24, 2.45) is 5.41 Å². The number of thiazole rings is 1. The van der Waals surface area contributed by atoms with Crippen LogP contribution in [0.1, 0.15) is 80.8 Å². The summed E-state index contributed by atoms with van der Waals surface area (Å²) in [5.41, 5.74) is 6.22. The minimum absolute atomic E-state index is 0.0220. The summed E-state index contributed by atoms with van der Waals surface area (Å²) in [6.07, 6.45) is 2.35. The molecule has 6 rings (SSSR count). The first-order valence-electron chi connectivity index (χ1n) is 20.9. The number of likely N-dealkylation sites (N-methyl/N-ethyl adjacent to an activating group) is 1. The first-order chi connectivity index (χ1) is 29.1. The molecule has 328 valence electrons. The summed E-state index contributed by atoms with van der Waals surface area (Å²) in [5, 5.41) is 39.6. The second-order valence-corrected chi connectivity index (χ2v) is 17.8. The number of aliphatic hydroxyl groups is 2. The quantitative estimate of drug-likeness (QED) is 0.0457. The molecule has 5 atom stereocenters. The molecule has 15 nitrogen and oxygen atoms in total. The minimum atomic E-state index is -1.71. The van der Waals surface area contributed by atoms with Crippen LogP contribution in [0.4, 0.5) is 9.59 Å². The second kappa shape index (κ2) is 19.0. The van der Waals surface area contributed by atoms with E-state index >= 15 is 0 Å². The molecule has 1 saturated heterocycles. The minimum Gasteiger partial charge on any atom is -0.465 e. The number of rotatable bonds is 21. The van der Waals surface area contributed by atoms with Crippen molar-refractivity contribution in [3.63, 3.8) is 0 Å². The Hall–Kier alpha value is -4.97. The van der Waals surface area contributed by atoms with Crippen molar-refractivity contribution in [2.75, 3.05) is 27.2 Å². The smallest absolute Gasteiger partial charge is 0.407 e. The highest BCUT2D eigenvalue weighted by molar-refractivity contribution is 7.09. The zero-order valence-corrected chi connectivity index (χ0v) is 36.8. The zero-order valence-electron chi connectivity index (χ0n) is 36.0. The summed E-state index contributed by atoms with van der Waals surface area (Å²) in [5.74, 6) is -0.381. The summed E-state index contributed by atoms with van der Waals surface area (Å²) in [7, 11) is 3.07. The van der Waals surface area contributed by atoms with Gasteiger partial charge in [0.1, 0.15) is 10.7 Å². The number of carboxylic acid groups (broad SMARTS) is 1. The van der Waals surface area contributed by atoms with E-state index in [2.05, 4.69) is 26.1 Å². The molecule has 16 heteroatoms. The lowest BCUT2D eigenvalue weighted by Crippen LogP contribution is -2.55. The fourth-order valence-corrected chi connectivity index (χ4v) is 9.44. The van der Waals surface area contributed by atoms with E-state index in [1.165, 1.54) is 18.4 Å². The lowest BCUT2D eigenvalue weighted by atomic mass is 9.89. The van der Waals surface area contributed by atoms with Crippen molar-refractivity contribution < 1.29 is 34.4 Å². The number of hydrogen-bond donors (Lipinski definition) is 6. The molecule has 6 N–H and O–H groups in total. The first kappa shape index (κ1) is 45.6. The Morgan fingerprint density at radius 1 is 1.08 bits per heavy atom. The summed E-state index contributed by atoms with van der Waals surface area (Å²) < 4.78 is 5.20. The van der Waals surface area contributed by atoms with Gasteiger partial charge in [0.05, 0.1) is 36.1 Å². The largest absolute Gasteiger partial charge is 0.465 e. The molecule has 1 aliphatic heterocycles. The van der Waals surface area contributed by atoms with Crippen LogP contribution >= 0.6 is 11.3 Å². The van der Waals surface area contributed by atoms with Gasteiger partial charge in [0.15, 0.2) is 5.72 Å². The Kier molecular flexibility index (Phi) is 14.2. The monoisotopic (exact) mass is 856 g/mol. The van der Waals surface area contributed by atoms with E-state index < -0.39 is 34.5 Å². The number of nitrogens with zero attached hydrogens (tertiary/aromatic N) is 5. The van der Waals surface area contributed by atoms with Gasteiger partial charge in [-0.25, -0.2) is 20.0 Å². The van der Waals surface area contributed by atoms with Crippen molar-refractivity contribution in [2.45, 2.75) is 109 Å². The molecule has 4 amide bonds. The Morgan fingerprint density at radius 3 is 2.51 bits per heavy atom. The van der Waals surface area contributed by atoms with Gasteiger partial charge in [-0.05, 0) is 61.4 Å². The normalized spacial score (nSPS) is 21.8. The standard InChI is InChI=1S/C45H60N8O7S/c1-7-42(3,53-23-22-52(40(53)55)28-34-30-61-38(48-34)29-60-6)26-37(54)49-44(58,20-19-31-14-10-9-11-15-31)25-33-24-32(17-18-35(33)36-16-12-13-21-46-36)27-47-50-45(59)39(43(45,4)8-2)51(5)41(56)57/h9-18,21,24,30,39,47,50,58-59H,7-8,19-20,22-23,25-29H2,1-6H3,(H,49,54)(H,56,57). The second-order valence-electron chi connectivity index (χ2n) is 16.8. The highest BCUT2D eigenvalue weighted by Gasteiger charge is 2.75. The molecule has 4 aromatic rings. The van der Waals surface area contributed by atoms with E-state index in [-0.39, 0.29) is 37.7 Å². The van der Waals surface area contributed by atoms with Gasteiger partial charge >= 0.3 is 12.1 Å². The van der Waals surface area contributed by atoms with Crippen LogP contribution in [0.3, 0.4) is 0 Å². The van der Waals surface area contributed by atoms with Crippen LogP contribution < -0.4 is 16.2 Å². The van der Waals surface area contributed by atoms with Crippen molar-refractivity contribution >= 4 is 29.4 Å². The Bertz CT molecular complexity index is 2150. The van der Waals surface area contributed by atoms with Crippen molar-refractivity contribution in [1.82, 2.24) is 40.8 Å². The number of pyridine rings is 1. The lowest BCUT2D eigenvalue weighted by molar-refractivity contribution is -0.131. The molecular weight excluding hydrogens is 797 g/mol. The van der Waals surface area contributed by atoms with Crippen LogP contribution in [0.15, 0.2) is 78.3 Å². The van der Waals surface area contributed by atoms with Crippen LogP contribution in [-0.4, -0.2) is 108 Å². The predicted molar refractivity (Wildman–Crippen MR) is 233 cm³/mol. The van der Waals surface area contributed by atoms with Gasteiger partial charge in [0.2, 0.25) is 5.91 Å². The third kappa shape index (κ3) is 10.1. The van der Waals surface area contributed by atoms with Crippen LogP contribution in [0.2, 0.25) is 0 Å². The van der Waals surface area contributed by atoms with Crippen LogP contribution in [0, 0.1) is 5.41 Å². The van der Waals surface area contributed by atoms with E-state index in [1.54, 1.807) is 23.1 Å². The molecular formula is C45H60N8O7S. The SMILES string of the molecule is CCC(C)(CC(=O)NC(O)(CCc1ccccc1)Cc1cc(CNNC2(O)C(N(C)C(=O)O)C2(C)CC)ccc1-c1ccccn1)N1CCN(Cc2csc(COC)n2)C1=O. The number of amides is 4. The Morgan fingerprint density at radius 2 is 1.84 bits per heavy atom. The average molecular weight is 857 g/mol. The van der Waals surface area contributed by atoms with Crippen LogP contribution in [0.25, 0.3) is 11.3 Å². The van der Waals surface area contributed by atoms with E-state index in [0.29, 0.717) is 51.2 Å². The number of carbonyl (C=O) groups is 3. The van der Waals surface area contributed by atoms with Gasteiger partial charge in [0, 0.05) is 69.2 Å². The molecule has 3 heterocycles. The zero-order chi connectivity index (χ0) is 44.0. The fraction of sp³-hybridized carbons (Fsp3) is 0.489. The maximum atomic E-state index is 14.3. The van der Waals surface area contributed by atoms with Crippen LogP contribution in [0.5, 0.6) is 0 Å². The van der Waals surface area contributed by atoms with Crippen molar-refractivity contribution in [3.05, 3.63) is 106 Å². The van der Waals surface area contributed by atoms with Crippen molar-refractivity contribution in [3.8, 4) is 11.3 Å². The number of aryl methyl sites for hydroxylation is 1. The third-order valence-electron chi connectivity index (χ3n) is 12.7. The van der Waals surface area contributed by atoms with Gasteiger partial charge < -0.3 is 40.1 Å². The molecule has 2 aromatic carbocycles. The summed E-state index contributed by atoms with van der Waals surface area (Å²) in [6.45, 7) is 9.63. The highest BCUT2D eigenvalue weighted by Crippen LogP contribution is 2.58. The number of hydrazine groups is 1. The molecule has 1 saturated carbocycles. The maximum Gasteiger partial charge on any atom is 0.407 e. The summed E-state index contributed by atoms with van der Waals surface area (Å²) in [4.78, 5) is 53.8. The first-order valence-corrected chi connectivity index (χ1v) is 21.7. The molecule has 0 spiro atoms. The van der Waals surface area contributed by atoms with E-state index in [1.807, 2.05) is 99.8 Å². The Balaban J connectivity index is 1.22. The van der Waals surface area contributed by atoms with E-state index in [4.69, 9.17) is 4.74 Å². The number of hydrogen-bond acceptors (Lipinski definition) is 11. The number of aromatic nitrogens is 2. The van der Waals surface area contributed by atoms with Gasteiger partial charge in [-0.15, -0.1) is 11.3 Å². The predicted octanol–water partition coefficient (Wildman–Crippen LogP) is 5.52. The molecule has 0 bridgehead atoms. The topological polar surface area (TPSA) is 193 Å². The molecule has 5 unspecified atom stereocenters. The number of urea groups is 1. The molecule has 2 fully saturated rings. The van der Waals surface area contributed by atoms with E-state index in [0.717, 1.165) is 37.9 Å². The molecule has 2 aliphatic rings. The number of nitrogens with one attached hydrogen (secondary N) is 3. The number of benzene rings is 2. The molecule has 0 radical (unpaired) electrons. The van der Waals surface area contributed by atoms with Gasteiger partial charge in [-0.1, -0.05) is 75.4 Å². The summed E-state index contributed by atoms with van der Waals surface area (Å²) >= 11 is 1.49. The average Bonchev–Trinajstić information content (AvgIpc) is 3.56. The number of methoxy groups -OCH3 is 1.